The quantitative estimate of drug-likeness (QED) is 0.354. The van der Waals surface area contributed by atoms with Crippen molar-refractivity contribution in [2.24, 2.45) is 5.92 Å². The summed E-state index contributed by atoms with van der Waals surface area (Å²) in [5, 5.41) is 2.95. The first-order valence-electron chi connectivity index (χ1n) is 11.4. The highest BCUT2D eigenvalue weighted by Crippen LogP contribution is 2.31. The summed E-state index contributed by atoms with van der Waals surface area (Å²) in [6.45, 7) is 5.27. The maximum atomic E-state index is 13.8. The Kier molecular flexibility index (Phi) is 8.51. The van der Waals surface area contributed by atoms with Gasteiger partial charge in [-0.2, -0.15) is 0 Å². The Morgan fingerprint density at radius 1 is 1.29 bits per heavy atom. The van der Waals surface area contributed by atoms with Crippen LogP contribution in [0.4, 0.5) is 4.39 Å². The van der Waals surface area contributed by atoms with Gasteiger partial charge in [-0.1, -0.05) is 44.8 Å². The second-order valence-electron chi connectivity index (χ2n) is 8.53. The molecule has 1 aromatic carbocycles. The largest absolute Gasteiger partial charge is 0.465 e. The summed E-state index contributed by atoms with van der Waals surface area (Å²) in [6, 6.07) is 3.04. The van der Waals surface area contributed by atoms with Crippen LogP contribution in [0, 0.1) is 11.7 Å². The molecular weight excluding hydrogens is 437 g/mol. The van der Waals surface area contributed by atoms with Crippen LogP contribution in [0.3, 0.4) is 0 Å². The van der Waals surface area contributed by atoms with E-state index in [1.165, 1.54) is 48.7 Å². The maximum absolute atomic E-state index is 13.8. The van der Waals surface area contributed by atoms with Crippen LogP contribution in [0.5, 0.6) is 0 Å². The van der Waals surface area contributed by atoms with Crippen LogP contribution in [0.1, 0.15) is 51.5 Å². The zero-order valence-electron chi connectivity index (χ0n) is 19.6. The fourth-order valence-electron chi connectivity index (χ4n) is 4.29. The van der Waals surface area contributed by atoms with Gasteiger partial charge in [-0.3, -0.25) is 14.2 Å². The predicted octanol–water partition coefficient (Wildman–Crippen LogP) is 4.35. The molecule has 3 rings (SSSR count). The average molecular weight is 468 g/mol. The lowest BCUT2D eigenvalue weighted by Crippen LogP contribution is -2.38. The average Bonchev–Trinajstić information content (AvgIpc) is 2.84. The molecule has 0 bridgehead atoms. The van der Waals surface area contributed by atoms with Crippen LogP contribution in [0.15, 0.2) is 65.4 Å². The highest BCUT2D eigenvalue weighted by atomic mass is 19.1. The molecule has 1 heterocycles. The number of hydrogen-bond acceptors (Lipinski definition) is 5. The summed E-state index contributed by atoms with van der Waals surface area (Å²) in [6.07, 6.45) is 11.6. The molecule has 8 heteroatoms. The van der Waals surface area contributed by atoms with E-state index < -0.39 is 23.4 Å². The second-order valence-corrected chi connectivity index (χ2v) is 8.53. The van der Waals surface area contributed by atoms with E-state index in [2.05, 4.69) is 21.6 Å². The number of halogens is 1. The third-order valence-electron chi connectivity index (χ3n) is 6.14. The van der Waals surface area contributed by atoms with Gasteiger partial charge in [0.15, 0.2) is 0 Å². The fraction of sp³-hybridized carbons (Fsp3) is 0.385. The van der Waals surface area contributed by atoms with Gasteiger partial charge in [-0.15, -0.1) is 0 Å². The number of carbonyl (C=O) groups excluding carboxylic acids is 2. The molecule has 0 spiro atoms. The zero-order valence-corrected chi connectivity index (χ0v) is 19.6. The predicted molar refractivity (Wildman–Crippen MR) is 128 cm³/mol. The molecule has 7 nitrogen and oxygen atoms in total. The molecule has 0 radical (unpaired) electrons. The van der Waals surface area contributed by atoms with E-state index in [0.29, 0.717) is 23.6 Å². The molecule has 2 aromatic rings. The number of aromatic nitrogens is 2. The highest BCUT2D eigenvalue weighted by molar-refractivity contribution is 5.91. The first-order chi connectivity index (χ1) is 16.3. The van der Waals surface area contributed by atoms with Crippen molar-refractivity contribution in [1.82, 2.24) is 14.9 Å². The number of fused-ring (bicyclic) bond motifs is 1. The highest BCUT2D eigenvalue weighted by Gasteiger charge is 2.27. The number of ether oxygens (including phenoxy) is 1. The first kappa shape index (κ1) is 25.1. The third-order valence-corrected chi connectivity index (χ3v) is 6.14. The van der Waals surface area contributed by atoms with Gasteiger partial charge >= 0.3 is 5.97 Å². The van der Waals surface area contributed by atoms with Crippen molar-refractivity contribution in [2.45, 2.75) is 51.5 Å². The zero-order chi connectivity index (χ0) is 24.7. The molecule has 0 aliphatic heterocycles. The Hall–Kier alpha value is -3.55. The van der Waals surface area contributed by atoms with Crippen LogP contribution in [0.25, 0.3) is 10.9 Å². The normalized spacial score (nSPS) is 16.2. The number of allylic oxidation sites excluding steroid dienone is 3. The summed E-state index contributed by atoms with van der Waals surface area (Å²) in [5.41, 5.74) is 0.642. The van der Waals surface area contributed by atoms with Crippen LogP contribution in [-0.4, -0.2) is 28.5 Å². The van der Waals surface area contributed by atoms with E-state index in [1.807, 2.05) is 0 Å². The minimum Gasteiger partial charge on any atom is -0.465 e. The lowest BCUT2D eigenvalue weighted by atomic mass is 9.84. The number of benzene rings is 1. The van der Waals surface area contributed by atoms with Crippen molar-refractivity contribution in [1.29, 1.82) is 0 Å². The number of nitrogens with zero attached hydrogens (tertiary/aromatic N) is 2. The number of methoxy groups -OCH3 is 1. The molecule has 34 heavy (non-hydrogen) atoms. The Morgan fingerprint density at radius 3 is 2.71 bits per heavy atom. The van der Waals surface area contributed by atoms with Crippen molar-refractivity contribution < 1.29 is 18.7 Å². The molecule has 1 unspecified atom stereocenters. The molecule has 1 aromatic heterocycles. The SMILES string of the molecule is C=C/C(=C\C=C(/C)NC(=O)C(CC1CCCCC1)n1cnc2ccc(F)cc2c1=O)C(=O)OC. The minimum atomic E-state index is -0.803. The third kappa shape index (κ3) is 6.07. The molecule has 1 atom stereocenters. The molecular formula is C26H30FN3O4. The summed E-state index contributed by atoms with van der Waals surface area (Å²) in [5.74, 6) is -1.14. The van der Waals surface area contributed by atoms with Crippen molar-refractivity contribution >= 4 is 22.8 Å². The molecule has 1 amide bonds. The van der Waals surface area contributed by atoms with Gasteiger partial charge in [-0.05, 0) is 49.6 Å². The summed E-state index contributed by atoms with van der Waals surface area (Å²) in [4.78, 5) is 42.5. The van der Waals surface area contributed by atoms with Crippen molar-refractivity contribution in [3.05, 3.63) is 76.8 Å². The van der Waals surface area contributed by atoms with E-state index >= 15 is 0 Å². The van der Waals surface area contributed by atoms with Crippen molar-refractivity contribution in [2.75, 3.05) is 7.11 Å². The molecule has 1 aliphatic rings. The van der Waals surface area contributed by atoms with E-state index in [0.717, 1.165) is 31.7 Å². The number of amides is 1. The first-order valence-corrected chi connectivity index (χ1v) is 11.4. The maximum Gasteiger partial charge on any atom is 0.337 e. The van der Waals surface area contributed by atoms with Crippen LogP contribution in [0.2, 0.25) is 0 Å². The molecule has 1 aliphatic carbocycles. The number of carbonyl (C=O) groups is 2. The Labute approximate surface area is 198 Å². The van der Waals surface area contributed by atoms with Gasteiger partial charge in [0.1, 0.15) is 11.9 Å². The van der Waals surface area contributed by atoms with Crippen molar-refractivity contribution in [3.63, 3.8) is 0 Å². The molecule has 1 saturated carbocycles. The van der Waals surface area contributed by atoms with Gasteiger partial charge in [0, 0.05) is 5.70 Å². The fourth-order valence-corrected chi connectivity index (χ4v) is 4.29. The number of esters is 1. The monoisotopic (exact) mass is 467 g/mol. The van der Waals surface area contributed by atoms with Gasteiger partial charge in [0.25, 0.3) is 5.56 Å². The smallest absolute Gasteiger partial charge is 0.337 e. The summed E-state index contributed by atoms with van der Waals surface area (Å²) < 4.78 is 19.8. The standard InChI is InChI=1S/C26H30FN3O4/c1-4-19(26(33)34-3)11-10-17(2)29-24(31)23(14-18-8-6-5-7-9-18)30-16-28-22-13-12-20(27)15-21(22)25(30)32/h4,10-13,15-16,18,23H,1,5-9,14H2,2-3H3,(H,29,31)/b17-10+,19-11+. The van der Waals surface area contributed by atoms with E-state index in [9.17, 15) is 18.8 Å². The molecule has 180 valence electrons. The van der Waals surface area contributed by atoms with Crippen LogP contribution in [-0.2, 0) is 14.3 Å². The second kappa shape index (κ2) is 11.5. The minimum absolute atomic E-state index is 0.132. The topological polar surface area (TPSA) is 90.3 Å². The van der Waals surface area contributed by atoms with Crippen LogP contribution >= 0.6 is 0 Å². The lowest BCUT2D eigenvalue weighted by Gasteiger charge is -2.27. The number of rotatable bonds is 8. The van der Waals surface area contributed by atoms with E-state index in [-0.39, 0.29) is 16.9 Å². The molecule has 1 fully saturated rings. The lowest BCUT2D eigenvalue weighted by molar-refractivity contribution is -0.135. The summed E-state index contributed by atoms with van der Waals surface area (Å²) >= 11 is 0. The van der Waals surface area contributed by atoms with Gasteiger partial charge < -0.3 is 10.1 Å². The number of hydrogen-bond donors (Lipinski definition) is 1. The molecule has 1 N–H and O–H groups in total. The Bertz CT molecular complexity index is 1190. The Balaban J connectivity index is 1.93. The van der Waals surface area contributed by atoms with Gasteiger partial charge in [0.2, 0.25) is 5.91 Å². The molecule has 0 saturated heterocycles. The Morgan fingerprint density at radius 2 is 2.03 bits per heavy atom. The van der Waals surface area contributed by atoms with Gasteiger partial charge in [0.05, 0.1) is 29.9 Å². The van der Waals surface area contributed by atoms with E-state index in [4.69, 9.17) is 0 Å². The van der Waals surface area contributed by atoms with E-state index in [1.54, 1.807) is 13.0 Å². The number of nitrogens with one attached hydrogen (secondary N) is 1. The van der Waals surface area contributed by atoms with Gasteiger partial charge in [-0.25, -0.2) is 14.2 Å². The van der Waals surface area contributed by atoms with Crippen LogP contribution < -0.4 is 10.9 Å². The van der Waals surface area contributed by atoms with Crippen molar-refractivity contribution in [3.8, 4) is 0 Å². The summed E-state index contributed by atoms with van der Waals surface area (Å²) in [7, 11) is 1.27.